The molecule has 0 bridgehead atoms. The predicted octanol–water partition coefficient (Wildman–Crippen LogP) is 3.46. The standard InChI is InChI=1S/C10H9ClO2S2/c1-2-15(12,13)8-7-14-10-5-3-9(11)4-6-10/h2-8H,1H2/b8-7+. The molecule has 5 heteroatoms. The Morgan fingerprint density at radius 3 is 2.40 bits per heavy atom. The number of halogens is 1. The number of thioether (sulfide) groups is 1. The molecule has 0 saturated carbocycles. The fourth-order valence-corrected chi connectivity index (χ4v) is 2.28. The lowest BCUT2D eigenvalue weighted by molar-refractivity contribution is 0.613. The monoisotopic (exact) mass is 260 g/mol. The minimum Gasteiger partial charge on any atom is -0.220 e. The fourth-order valence-electron chi connectivity index (χ4n) is 0.753. The van der Waals surface area contributed by atoms with Crippen LogP contribution in [0.3, 0.4) is 0 Å². The summed E-state index contributed by atoms with van der Waals surface area (Å²) < 4.78 is 22.0. The van der Waals surface area contributed by atoms with Gasteiger partial charge in [0.15, 0.2) is 9.84 Å². The van der Waals surface area contributed by atoms with Crippen LogP contribution in [-0.2, 0) is 9.84 Å². The number of rotatable bonds is 4. The number of hydrogen-bond acceptors (Lipinski definition) is 3. The molecule has 0 radical (unpaired) electrons. The Hall–Kier alpha value is -0.710. The van der Waals surface area contributed by atoms with Gasteiger partial charge in [0.2, 0.25) is 0 Å². The van der Waals surface area contributed by atoms with E-state index in [0.717, 1.165) is 15.7 Å². The lowest BCUT2D eigenvalue weighted by Gasteiger charge is -1.95. The van der Waals surface area contributed by atoms with Crippen molar-refractivity contribution in [2.24, 2.45) is 0 Å². The van der Waals surface area contributed by atoms with Crippen LogP contribution in [0.25, 0.3) is 0 Å². The zero-order valence-electron chi connectivity index (χ0n) is 7.76. The molecule has 0 aliphatic rings. The third-order valence-corrected chi connectivity index (χ3v) is 3.72. The molecule has 1 aromatic carbocycles. The van der Waals surface area contributed by atoms with Crippen molar-refractivity contribution in [2.75, 3.05) is 0 Å². The van der Waals surface area contributed by atoms with Gasteiger partial charge in [0.05, 0.1) is 0 Å². The fraction of sp³-hybridized carbons (Fsp3) is 0. The second-order valence-corrected chi connectivity index (χ2v) is 5.80. The van der Waals surface area contributed by atoms with Gasteiger partial charge in [-0.1, -0.05) is 29.9 Å². The molecule has 0 aliphatic carbocycles. The molecule has 2 nitrogen and oxygen atoms in total. The number of hydrogen-bond donors (Lipinski definition) is 0. The molecule has 1 aromatic rings. The van der Waals surface area contributed by atoms with Crippen molar-refractivity contribution in [3.8, 4) is 0 Å². The average molecular weight is 261 g/mol. The van der Waals surface area contributed by atoms with Crippen molar-refractivity contribution >= 4 is 33.2 Å². The molecule has 0 amide bonds. The van der Waals surface area contributed by atoms with Crippen LogP contribution >= 0.6 is 23.4 Å². The number of benzene rings is 1. The van der Waals surface area contributed by atoms with Crippen molar-refractivity contribution in [3.05, 3.63) is 52.1 Å². The first-order valence-electron chi connectivity index (χ1n) is 4.00. The lowest BCUT2D eigenvalue weighted by atomic mass is 10.4. The third kappa shape index (κ3) is 4.55. The second-order valence-electron chi connectivity index (χ2n) is 2.60. The van der Waals surface area contributed by atoms with Gasteiger partial charge >= 0.3 is 0 Å². The molecule has 0 saturated heterocycles. The Kier molecular flexibility index (Phi) is 4.45. The van der Waals surface area contributed by atoms with Crippen LogP contribution in [-0.4, -0.2) is 8.42 Å². The number of sulfone groups is 1. The van der Waals surface area contributed by atoms with Gasteiger partial charge in [0.1, 0.15) is 0 Å². The van der Waals surface area contributed by atoms with Crippen LogP contribution in [0.1, 0.15) is 0 Å². The van der Waals surface area contributed by atoms with Crippen molar-refractivity contribution in [3.63, 3.8) is 0 Å². The highest BCUT2D eigenvalue weighted by Gasteiger charge is 1.96. The lowest BCUT2D eigenvalue weighted by Crippen LogP contribution is -1.84. The first kappa shape index (κ1) is 12.4. The summed E-state index contributed by atoms with van der Waals surface area (Å²) in [5.74, 6) is 0. The van der Waals surface area contributed by atoms with Crippen LogP contribution in [0.5, 0.6) is 0 Å². The second kappa shape index (κ2) is 5.39. The van der Waals surface area contributed by atoms with E-state index in [0.29, 0.717) is 5.02 Å². The van der Waals surface area contributed by atoms with Crippen molar-refractivity contribution in [1.82, 2.24) is 0 Å². The molecule has 0 spiro atoms. The van der Waals surface area contributed by atoms with E-state index in [4.69, 9.17) is 11.6 Å². The van der Waals surface area contributed by atoms with Gasteiger partial charge in [-0.15, -0.1) is 0 Å². The molecule has 80 valence electrons. The van der Waals surface area contributed by atoms with Gasteiger partial charge in [-0.05, 0) is 29.7 Å². The van der Waals surface area contributed by atoms with Gasteiger partial charge in [-0.2, -0.15) is 0 Å². The topological polar surface area (TPSA) is 34.1 Å². The minimum absolute atomic E-state index is 0.655. The molecule has 0 heterocycles. The Morgan fingerprint density at radius 2 is 1.87 bits per heavy atom. The molecular formula is C10H9ClO2S2. The van der Waals surface area contributed by atoms with E-state index in [-0.39, 0.29) is 0 Å². The maximum absolute atomic E-state index is 11.0. The zero-order valence-corrected chi connectivity index (χ0v) is 10.1. The highest BCUT2D eigenvalue weighted by Crippen LogP contribution is 2.21. The van der Waals surface area contributed by atoms with Gasteiger partial charge in [-0.3, -0.25) is 0 Å². The largest absolute Gasteiger partial charge is 0.220 e. The van der Waals surface area contributed by atoms with E-state index in [2.05, 4.69) is 6.58 Å². The van der Waals surface area contributed by atoms with Gasteiger partial charge in [-0.25, -0.2) is 8.42 Å². The molecular weight excluding hydrogens is 252 g/mol. The van der Waals surface area contributed by atoms with Crippen LogP contribution in [0.2, 0.25) is 5.02 Å². The normalized spacial score (nSPS) is 11.8. The highest BCUT2D eigenvalue weighted by molar-refractivity contribution is 8.03. The molecule has 1 rings (SSSR count). The summed E-state index contributed by atoms with van der Waals surface area (Å²) in [6.45, 7) is 3.20. The van der Waals surface area contributed by atoms with Crippen LogP contribution in [0.15, 0.2) is 52.0 Å². The molecule has 15 heavy (non-hydrogen) atoms. The Balaban J connectivity index is 2.65. The van der Waals surface area contributed by atoms with Crippen molar-refractivity contribution in [2.45, 2.75) is 4.90 Å². The highest BCUT2D eigenvalue weighted by atomic mass is 35.5. The minimum atomic E-state index is -3.26. The molecule has 0 N–H and O–H groups in total. The van der Waals surface area contributed by atoms with Gasteiger partial charge in [0.25, 0.3) is 0 Å². The van der Waals surface area contributed by atoms with E-state index in [9.17, 15) is 8.42 Å². The van der Waals surface area contributed by atoms with E-state index in [1.54, 1.807) is 12.1 Å². The molecule has 0 atom stereocenters. The van der Waals surface area contributed by atoms with E-state index < -0.39 is 9.84 Å². The predicted molar refractivity (Wildman–Crippen MR) is 65.6 cm³/mol. The van der Waals surface area contributed by atoms with E-state index >= 15 is 0 Å². The average Bonchev–Trinajstić information content (AvgIpc) is 2.21. The van der Waals surface area contributed by atoms with Gasteiger partial charge < -0.3 is 0 Å². The summed E-state index contributed by atoms with van der Waals surface area (Å²) in [7, 11) is -3.26. The van der Waals surface area contributed by atoms with Crippen molar-refractivity contribution < 1.29 is 8.42 Å². The van der Waals surface area contributed by atoms with Gasteiger partial charge in [0, 0.05) is 20.7 Å². The summed E-state index contributed by atoms with van der Waals surface area (Å²) in [6.07, 6.45) is 0. The zero-order chi connectivity index (χ0) is 11.3. The SMILES string of the molecule is C=CS(=O)(=O)/C=C/Sc1ccc(Cl)cc1. The van der Waals surface area contributed by atoms with Crippen LogP contribution in [0, 0.1) is 0 Å². The van der Waals surface area contributed by atoms with E-state index in [1.165, 1.54) is 17.2 Å². The summed E-state index contributed by atoms with van der Waals surface area (Å²) in [5, 5.41) is 4.17. The summed E-state index contributed by atoms with van der Waals surface area (Å²) in [6, 6.07) is 7.13. The molecule has 0 aromatic heterocycles. The summed E-state index contributed by atoms with van der Waals surface area (Å²) in [4.78, 5) is 0.926. The third-order valence-electron chi connectivity index (χ3n) is 1.50. The maximum atomic E-state index is 11.0. The Labute approximate surface area is 98.6 Å². The molecule has 0 fully saturated rings. The first-order valence-corrected chi connectivity index (χ1v) is 6.86. The first-order chi connectivity index (χ1) is 7.03. The Bertz CT molecular complexity index is 461. The summed E-state index contributed by atoms with van der Waals surface area (Å²) in [5.41, 5.74) is 0. The van der Waals surface area contributed by atoms with Crippen molar-refractivity contribution in [1.29, 1.82) is 0 Å². The quantitative estimate of drug-likeness (QED) is 0.778. The maximum Gasteiger partial charge on any atom is 0.192 e. The summed E-state index contributed by atoms with van der Waals surface area (Å²) >= 11 is 7.01. The van der Waals surface area contributed by atoms with E-state index in [1.807, 2.05) is 12.1 Å². The smallest absolute Gasteiger partial charge is 0.192 e. The molecule has 0 unspecified atom stereocenters. The van der Waals surface area contributed by atoms with Crippen LogP contribution < -0.4 is 0 Å². The Morgan fingerprint density at radius 1 is 1.27 bits per heavy atom. The van der Waals surface area contributed by atoms with Crippen LogP contribution in [0.4, 0.5) is 0 Å². The molecule has 0 aliphatic heterocycles.